The van der Waals surface area contributed by atoms with Gasteiger partial charge in [-0.05, 0) is 51.0 Å². The molecule has 2 aromatic heterocycles. The summed E-state index contributed by atoms with van der Waals surface area (Å²) in [6, 6.07) is 5.33. The SMILES string of the molecule is CCN(CC)C(=O)/C=C(\C)c1ccc2oc(C(C)=O)c(NC(=O)c3cnoc3C)c2c1. The lowest BCUT2D eigenvalue weighted by atomic mass is 10.0. The Labute approximate surface area is 179 Å². The zero-order chi connectivity index (χ0) is 22.7. The molecule has 3 aromatic rings. The summed E-state index contributed by atoms with van der Waals surface area (Å²) in [6.45, 7) is 9.94. The van der Waals surface area contributed by atoms with Gasteiger partial charge in [0.05, 0.1) is 11.9 Å². The maximum Gasteiger partial charge on any atom is 0.261 e. The molecule has 3 rings (SSSR count). The standard InChI is InChI=1S/C23H25N3O5/c1-6-26(7-2)20(28)10-13(3)16-8-9-19-17(11-16)21(22(30-19)14(4)27)25-23(29)18-12-24-31-15(18)5/h8-12H,6-7H2,1-5H3,(H,25,29)/b13-10+. The van der Waals surface area contributed by atoms with Crippen LogP contribution in [-0.4, -0.2) is 40.7 Å². The molecule has 8 heteroatoms. The molecule has 0 unspecified atom stereocenters. The van der Waals surface area contributed by atoms with Gasteiger partial charge in [-0.3, -0.25) is 14.4 Å². The van der Waals surface area contributed by atoms with Crippen molar-refractivity contribution >= 4 is 39.8 Å². The van der Waals surface area contributed by atoms with E-state index in [4.69, 9.17) is 8.94 Å². The molecule has 0 spiro atoms. The van der Waals surface area contributed by atoms with Crippen LogP contribution in [0, 0.1) is 6.92 Å². The number of Topliss-reactive ketones (excluding diaryl/α,β-unsaturated/α-hetero) is 1. The molecule has 0 fully saturated rings. The Balaban J connectivity index is 2.04. The van der Waals surface area contributed by atoms with Crippen LogP contribution in [0.1, 0.15) is 59.9 Å². The molecule has 1 N–H and O–H groups in total. The number of nitrogens with zero attached hydrogens (tertiary/aromatic N) is 2. The summed E-state index contributed by atoms with van der Waals surface area (Å²) >= 11 is 0. The molecule has 0 saturated heterocycles. The van der Waals surface area contributed by atoms with Gasteiger partial charge < -0.3 is 19.2 Å². The first-order valence-corrected chi connectivity index (χ1v) is 10.0. The highest BCUT2D eigenvalue weighted by Gasteiger charge is 2.22. The third kappa shape index (κ3) is 4.42. The fraction of sp³-hybridized carbons (Fsp3) is 0.304. The summed E-state index contributed by atoms with van der Waals surface area (Å²) in [5, 5.41) is 6.93. The van der Waals surface area contributed by atoms with Crippen LogP contribution < -0.4 is 5.32 Å². The number of ketones is 1. The molecule has 2 amide bonds. The molecule has 0 saturated carbocycles. The van der Waals surface area contributed by atoms with Crippen molar-refractivity contribution < 1.29 is 23.3 Å². The quantitative estimate of drug-likeness (QED) is 0.444. The van der Waals surface area contributed by atoms with E-state index >= 15 is 0 Å². The van der Waals surface area contributed by atoms with Crippen LogP contribution >= 0.6 is 0 Å². The van der Waals surface area contributed by atoms with E-state index in [2.05, 4.69) is 10.5 Å². The highest BCUT2D eigenvalue weighted by molar-refractivity contribution is 6.15. The molecule has 1 aromatic carbocycles. The number of carbonyl (C=O) groups is 3. The number of furan rings is 1. The Morgan fingerprint density at radius 3 is 2.45 bits per heavy atom. The summed E-state index contributed by atoms with van der Waals surface area (Å²) in [4.78, 5) is 39.0. The van der Waals surface area contributed by atoms with Crippen molar-refractivity contribution in [2.45, 2.75) is 34.6 Å². The van der Waals surface area contributed by atoms with Gasteiger partial charge in [0.1, 0.15) is 16.9 Å². The number of aromatic nitrogens is 1. The smallest absolute Gasteiger partial charge is 0.261 e. The molecular weight excluding hydrogens is 398 g/mol. The number of aryl methyl sites for hydroxylation is 1. The van der Waals surface area contributed by atoms with Crippen LogP contribution in [0.3, 0.4) is 0 Å². The normalized spacial score (nSPS) is 11.6. The Bertz CT molecular complexity index is 1180. The van der Waals surface area contributed by atoms with E-state index in [9.17, 15) is 14.4 Å². The van der Waals surface area contributed by atoms with Crippen molar-refractivity contribution in [3.63, 3.8) is 0 Å². The molecule has 0 bridgehead atoms. The average Bonchev–Trinajstić information content (AvgIpc) is 3.32. The lowest BCUT2D eigenvalue weighted by Gasteiger charge is -2.16. The zero-order valence-electron chi connectivity index (χ0n) is 18.2. The number of rotatable bonds is 7. The zero-order valence-corrected chi connectivity index (χ0v) is 18.2. The third-order valence-electron chi connectivity index (χ3n) is 5.11. The predicted octanol–water partition coefficient (Wildman–Crippen LogP) is 4.46. The number of allylic oxidation sites excluding steroid dienone is 1. The summed E-state index contributed by atoms with van der Waals surface area (Å²) < 4.78 is 10.7. The lowest BCUT2D eigenvalue weighted by molar-refractivity contribution is -0.125. The first-order chi connectivity index (χ1) is 14.8. The second-order valence-corrected chi connectivity index (χ2v) is 7.16. The molecule has 0 aliphatic heterocycles. The van der Waals surface area contributed by atoms with E-state index in [0.29, 0.717) is 29.8 Å². The topological polar surface area (TPSA) is 106 Å². The third-order valence-corrected chi connectivity index (χ3v) is 5.11. The first kappa shape index (κ1) is 22.0. The summed E-state index contributed by atoms with van der Waals surface area (Å²) in [7, 11) is 0. The summed E-state index contributed by atoms with van der Waals surface area (Å²) in [5.74, 6) is -0.437. The highest BCUT2D eigenvalue weighted by Crippen LogP contribution is 2.34. The Kier molecular flexibility index (Phi) is 6.39. The number of hydrogen-bond donors (Lipinski definition) is 1. The fourth-order valence-electron chi connectivity index (χ4n) is 3.31. The maximum atomic E-state index is 12.7. The van der Waals surface area contributed by atoms with Gasteiger partial charge in [0.25, 0.3) is 5.91 Å². The van der Waals surface area contributed by atoms with Gasteiger partial charge in [0, 0.05) is 31.5 Å². The van der Waals surface area contributed by atoms with Gasteiger partial charge in [-0.1, -0.05) is 11.2 Å². The van der Waals surface area contributed by atoms with E-state index in [1.165, 1.54) is 13.1 Å². The number of likely N-dealkylation sites (N-methyl/N-ethyl adjacent to an activating group) is 1. The monoisotopic (exact) mass is 423 g/mol. The molecule has 0 aliphatic carbocycles. The molecule has 162 valence electrons. The van der Waals surface area contributed by atoms with Gasteiger partial charge in [-0.25, -0.2) is 0 Å². The molecule has 0 atom stereocenters. The van der Waals surface area contributed by atoms with Gasteiger partial charge in [0.15, 0.2) is 11.5 Å². The van der Waals surface area contributed by atoms with E-state index in [1.54, 1.807) is 30.0 Å². The largest absolute Gasteiger partial charge is 0.451 e. The number of benzene rings is 1. The Morgan fingerprint density at radius 2 is 1.87 bits per heavy atom. The second kappa shape index (κ2) is 8.99. The van der Waals surface area contributed by atoms with E-state index in [0.717, 1.165) is 11.1 Å². The second-order valence-electron chi connectivity index (χ2n) is 7.16. The van der Waals surface area contributed by atoms with Crippen LogP contribution in [-0.2, 0) is 4.79 Å². The molecular formula is C23H25N3O5. The van der Waals surface area contributed by atoms with Crippen LogP contribution in [0.2, 0.25) is 0 Å². The molecule has 8 nitrogen and oxygen atoms in total. The number of fused-ring (bicyclic) bond motifs is 1. The average molecular weight is 423 g/mol. The molecule has 2 heterocycles. The summed E-state index contributed by atoms with van der Waals surface area (Å²) in [6.07, 6.45) is 2.90. The van der Waals surface area contributed by atoms with E-state index in [1.807, 2.05) is 26.8 Å². The highest BCUT2D eigenvalue weighted by atomic mass is 16.5. The fourth-order valence-corrected chi connectivity index (χ4v) is 3.31. The lowest BCUT2D eigenvalue weighted by Crippen LogP contribution is -2.28. The Morgan fingerprint density at radius 1 is 1.16 bits per heavy atom. The van der Waals surface area contributed by atoms with E-state index < -0.39 is 5.91 Å². The van der Waals surface area contributed by atoms with Crippen molar-refractivity contribution in [1.82, 2.24) is 10.1 Å². The number of anilines is 1. The molecule has 0 aliphatic rings. The first-order valence-electron chi connectivity index (χ1n) is 10.0. The van der Waals surface area contributed by atoms with Crippen molar-refractivity contribution in [3.05, 3.63) is 53.1 Å². The van der Waals surface area contributed by atoms with Crippen LogP contribution in [0.4, 0.5) is 5.69 Å². The number of hydrogen-bond acceptors (Lipinski definition) is 6. The number of nitrogens with one attached hydrogen (secondary N) is 1. The molecule has 0 radical (unpaired) electrons. The summed E-state index contributed by atoms with van der Waals surface area (Å²) in [5.41, 5.74) is 2.53. The van der Waals surface area contributed by atoms with E-state index in [-0.39, 0.29) is 28.7 Å². The van der Waals surface area contributed by atoms with Crippen LogP contribution in [0.15, 0.2) is 39.4 Å². The predicted molar refractivity (Wildman–Crippen MR) is 117 cm³/mol. The molecule has 31 heavy (non-hydrogen) atoms. The van der Waals surface area contributed by atoms with Gasteiger partial charge in [-0.2, -0.15) is 0 Å². The minimum absolute atomic E-state index is 0.0513. The van der Waals surface area contributed by atoms with Gasteiger partial charge in [0.2, 0.25) is 5.91 Å². The van der Waals surface area contributed by atoms with Gasteiger partial charge in [-0.15, -0.1) is 0 Å². The minimum Gasteiger partial charge on any atom is -0.451 e. The number of carbonyl (C=O) groups excluding carboxylic acids is 3. The minimum atomic E-state index is -0.460. The van der Waals surface area contributed by atoms with Crippen LogP contribution in [0.25, 0.3) is 16.5 Å². The van der Waals surface area contributed by atoms with Crippen molar-refractivity contribution in [2.24, 2.45) is 0 Å². The van der Waals surface area contributed by atoms with Crippen molar-refractivity contribution in [3.8, 4) is 0 Å². The van der Waals surface area contributed by atoms with Crippen LogP contribution in [0.5, 0.6) is 0 Å². The maximum absolute atomic E-state index is 12.7. The Hall–Kier alpha value is -3.68. The van der Waals surface area contributed by atoms with Crippen molar-refractivity contribution in [2.75, 3.05) is 18.4 Å². The number of amides is 2. The van der Waals surface area contributed by atoms with Crippen molar-refractivity contribution in [1.29, 1.82) is 0 Å². The van der Waals surface area contributed by atoms with Gasteiger partial charge >= 0.3 is 0 Å².